The highest BCUT2D eigenvalue weighted by atomic mass is 35.5. The highest BCUT2D eigenvalue weighted by molar-refractivity contribution is 6.30. The van der Waals surface area contributed by atoms with Crippen LogP contribution in [-0.2, 0) is 4.74 Å². The average molecular weight is 613 g/mol. The molecular weight excluding hydrogens is 576 g/mol. The number of methoxy groups -OCH3 is 1. The number of aromatic nitrogens is 1. The molecule has 0 bridgehead atoms. The Balaban J connectivity index is 1.59. The van der Waals surface area contributed by atoms with E-state index in [1.165, 1.54) is 0 Å². The fourth-order valence-corrected chi connectivity index (χ4v) is 5.03. The van der Waals surface area contributed by atoms with Crippen molar-refractivity contribution in [1.82, 2.24) is 15.0 Å². The summed E-state index contributed by atoms with van der Waals surface area (Å²) in [4.78, 5) is 43.1. The number of hydrogen-bond donors (Lipinski definition) is 3. The molecular formula is C30H37ClN6O6. The number of aryl methyl sites for hydroxylation is 2. The number of ether oxygens (including phenoxy) is 2. The van der Waals surface area contributed by atoms with Gasteiger partial charge in [0.2, 0.25) is 0 Å². The molecule has 230 valence electrons. The van der Waals surface area contributed by atoms with Crippen LogP contribution in [0.3, 0.4) is 0 Å². The Bertz CT molecular complexity index is 1460. The topological polar surface area (TPSA) is 138 Å². The monoisotopic (exact) mass is 612 g/mol. The zero-order valence-electron chi connectivity index (χ0n) is 25.1. The normalized spacial score (nSPS) is 19.4. The van der Waals surface area contributed by atoms with Gasteiger partial charge in [-0.2, -0.15) is 0 Å². The summed E-state index contributed by atoms with van der Waals surface area (Å²) in [5.41, 5.74) is 2.26. The van der Waals surface area contributed by atoms with Crippen molar-refractivity contribution < 1.29 is 28.4 Å². The van der Waals surface area contributed by atoms with E-state index in [1.54, 1.807) is 80.3 Å². The molecule has 0 radical (unpaired) electrons. The summed E-state index contributed by atoms with van der Waals surface area (Å²) in [5, 5.41) is 12.8. The third kappa shape index (κ3) is 7.76. The lowest BCUT2D eigenvalue weighted by molar-refractivity contribution is 0.0174. The number of likely N-dealkylation sites (N-methyl/N-ethyl adjacent to an activating group) is 1. The van der Waals surface area contributed by atoms with E-state index in [0.717, 1.165) is 0 Å². The van der Waals surface area contributed by atoms with Crippen LogP contribution in [0, 0.1) is 19.8 Å². The molecule has 43 heavy (non-hydrogen) atoms. The van der Waals surface area contributed by atoms with Gasteiger partial charge in [0.25, 0.3) is 5.91 Å². The number of nitrogens with one attached hydrogen (secondary N) is 3. The van der Waals surface area contributed by atoms with Gasteiger partial charge in [-0.15, -0.1) is 0 Å². The molecule has 1 aliphatic heterocycles. The number of fused-ring (bicyclic) bond motifs is 1. The molecule has 5 amide bonds. The molecule has 0 unspecified atom stereocenters. The van der Waals surface area contributed by atoms with Crippen LogP contribution >= 0.6 is 11.6 Å². The number of urea groups is 2. The van der Waals surface area contributed by atoms with Crippen molar-refractivity contribution in [2.45, 2.75) is 39.8 Å². The van der Waals surface area contributed by atoms with E-state index in [9.17, 15) is 14.4 Å². The van der Waals surface area contributed by atoms with E-state index >= 15 is 0 Å². The van der Waals surface area contributed by atoms with Gasteiger partial charge in [-0.3, -0.25) is 4.79 Å². The van der Waals surface area contributed by atoms with Gasteiger partial charge in [-0.05, 0) is 57.2 Å². The van der Waals surface area contributed by atoms with Crippen molar-refractivity contribution in [3.63, 3.8) is 0 Å². The maximum Gasteiger partial charge on any atom is 0.323 e. The zero-order valence-corrected chi connectivity index (χ0v) is 25.8. The molecule has 0 saturated heterocycles. The molecule has 13 heteroatoms. The summed E-state index contributed by atoms with van der Waals surface area (Å²) < 4.78 is 17.1. The van der Waals surface area contributed by atoms with Gasteiger partial charge in [0, 0.05) is 49.6 Å². The molecule has 0 spiro atoms. The Hall–Kier alpha value is -4.29. The third-order valence-electron chi connectivity index (χ3n) is 7.31. The van der Waals surface area contributed by atoms with Crippen LogP contribution in [0.2, 0.25) is 5.02 Å². The lowest BCUT2D eigenvalue weighted by Gasteiger charge is -2.36. The Kier molecular flexibility index (Phi) is 10.1. The minimum Gasteiger partial charge on any atom is -0.491 e. The molecule has 2 aromatic carbocycles. The van der Waals surface area contributed by atoms with Crippen molar-refractivity contribution in [1.29, 1.82) is 0 Å². The standard InChI is InChI=1S/C30H37ClN6O6/c1-17-14-37(30(40)34-27-19(3)35-43-20(27)4)18(2)16-42-25-11-10-23(13-24(25)28(38)36(5)15-26(17)41-6)33-29(39)32-22-9-7-8-21(31)12-22/h7-13,17-18,26H,14-16H2,1-6H3,(H,34,40)(H2,32,33,39)/t17-,18-,26+/m1/s1. The molecule has 0 aliphatic carbocycles. The fraction of sp³-hybridized carbons (Fsp3) is 0.400. The van der Waals surface area contributed by atoms with Crippen molar-refractivity contribution in [2.75, 3.05) is 49.8 Å². The summed E-state index contributed by atoms with van der Waals surface area (Å²) in [7, 11) is 3.26. The fourth-order valence-electron chi connectivity index (χ4n) is 4.84. The molecule has 3 aromatic rings. The van der Waals surface area contributed by atoms with E-state index in [2.05, 4.69) is 21.1 Å². The van der Waals surface area contributed by atoms with Crippen LogP contribution in [0.1, 0.15) is 35.7 Å². The van der Waals surface area contributed by atoms with Crippen molar-refractivity contribution >= 4 is 46.6 Å². The first kappa shape index (κ1) is 31.6. The molecule has 4 rings (SSSR count). The number of hydrogen-bond acceptors (Lipinski definition) is 7. The van der Waals surface area contributed by atoms with Gasteiger partial charge >= 0.3 is 12.1 Å². The molecule has 1 aliphatic rings. The summed E-state index contributed by atoms with van der Waals surface area (Å²) in [6.45, 7) is 8.04. The van der Waals surface area contributed by atoms with E-state index < -0.39 is 6.03 Å². The largest absolute Gasteiger partial charge is 0.491 e. The van der Waals surface area contributed by atoms with Gasteiger partial charge in [0.15, 0.2) is 5.76 Å². The highest BCUT2D eigenvalue weighted by Gasteiger charge is 2.31. The number of rotatable bonds is 4. The number of halogens is 1. The molecule has 3 N–H and O–H groups in total. The zero-order chi connectivity index (χ0) is 31.3. The van der Waals surface area contributed by atoms with Crippen molar-refractivity contribution in [2.24, 2.45) is 5.92 Å². The molecule has 0 fully saturated rings. The van der Waals surface area contributed by atoms with Crippen LogP contribution in [0.5, 0.6) is 5.75 Å². The van der Waals surface area contributed by atoms with Gasteiger partial charge in [-0.25, -0.2) is 9.59 Å². The van der Waals surface area contributed by atoms with E-state index in [1.807, 2.05) is 13.8 Å². The van der Waals surface area contributed by atoms with Gasteiger partial charge < -0.3 is 39.7 Å². The first-order valence-electron chi connectivity index (χ1n) is 13.9. The second-order valence-corrected chi connectivity index (χ2v) is 11.1. The number of anilines is 3. The lowest BCUT2D eigenvalue weighted by atomic mass is 10.0. The number of amides is 5. The average Bonchev–Trinajstić information content (AvgIpc) is 3.28. The van der Waals surface area contributed by atoms with Gasteiger partial charge in [0.1, 0.15) is 23.7 Å². The summed E-state index contributed by atoms with van der Waals surface area (Å²) in [6.07, 6.45) is -0.371. The first-order chi connectivity index (χ1) is 20.5. The molecule has 12 nitrogen and oxygen atoms in total. The molecule has 1 aromatic heterocycles. The Morgan fingerprint density at radius 3 is 2.42 bits per heavy atom. The van der Waals surface area contributed by atoms with Crippen molar-refractivity contribution in [3.05, 3.63) is 64.5 Å². The maximum absolute atomic E-state index is 13.6. The second kappa shape index (κ2) is 13.8. The quantitative estimate of drug-likeness (QED) is 0.347. The number of carbonyl (C=O) groups is 3. The van der Waals surface area contributed by atoms with Crippen LogP contribution in [0.15, 0.2) is 47.0 Å². The molecule has 2 heterocycles. The predicted molar refractivity (Wildman–Crippen MR) is 164 cm³/mol. The van der Waals surface area contributed by atoms with Crippen LogP contribution in [0.4, 0.5) is 26.7 Å². The van der Waals surface area contributed by atoms with Gasteiger partial charge in [-0.1, -0.05) is 29.7 Å². The highest BCUT2D eigenvalue weighted by Crippen LogP contribution is 2.27. The smallest absolute Gasteiger partial charge is 0.323 e. The van der Waals surface area contributed by atoms with Crippen LogP contribution in [0.25, 0.3) is 0 Å². The summed E-state index contributed by atoms with van der Waals surface area (Å²) in [5.74, 6) is 0.384. The number of nitrogens with zero attached hydrogens (tertiary/aromatic N) is 3. The molecule has 0 saturated carbocycles. The Morgan fingerprint density at radius 2 is 1.77 bits per heavy atom. The van der Waals surface area contributed by atoms with Crippen molar-refractivity contribution in [3.8, 4) is 5.75 Å². The first-order valence-corrected chi connectivity index (χ1v) is 14.2. The minimum absolute atomic E-state index is 0.103. The van der Waals surface area contributed by atoms with Crippen LogP contribution < -0.4 is 20.7 Å². The minimum atomic E-state index is -0.501. The van der Waals surface area contributed by atoms with E-state index in [4.69, 9.17) is 25.6 Å². The number of carbonyl (C=O) groups excluding carboxylic acids is 3. The van der Waals surface area contributed by atoms with E-state index in [0.29, 0.717) is 45.8 Å². The Morgan fingerprint density at radius 1 is 1.05 bits per heavy atom. The number of benzene rings is 2. The third-order valence-corrected chi connectivity index (χ3v) is 7.55. The summed E-state index contributed by atoms with van der Waals surface area (Å²) in [6, 6.07) is 10.4. The molecule has 3 atom stereocenters. The lowest BCUT2D eigenvalue weighted by Crippen LogP contribution is -2.50. The SMILES string of the molecule is CO[C@H]1CN(C)C(=O)c2cc(NC(=O)Nc3cccc(Cl)c3)ccc2OC[C@@H](C)N(C(=O)Nc2c(C)noc2C)C[C@H]1C. The predicted octanol–water partition coefficient (Wildman–Crippen LogP) is 5.63. The summed E-state index contributed by atoms with van der Waals surface area (Å²) >= 11 is 6.02. The second-order valence-electron chi connectivity index (χ2n) is 10.7. The van der Waals surface area contributed by atoms with Gasteiger partial charge in [0.05, 0.1) is 17.7 Å². The van der Waals surface area contributed by atoms with E-state index in [-0.39, 0.29) is 48.7 Å². The maximum atomic E-state index is 13.6. The van der Waals surface area contributed by atoms with Crippen LogP contribution in [-0.4, -0.2) is 78.9 Å². The Labute approximate surface area is 255 Å².